The Morgan fingerprint density at radius 3 is 1.55 bits per heavy atom. The summed E-state index contributed by atoms with van der Waals surface area (Å²) < 4.78 is 45.0. The standard InChI is InChI=1S/C14H13Cl2FN2O2.C13H11Cl2FN2O3/c1-8-6-9(11(17)7-10(8)15)12-13(16)18-2-4-21-5-3-19(18)14(12)20;14-8-6-9(16)7(5-10(8)19)11-12(15)17-1-3-21-4-2-18(17)13(11)20/h6-7H,2-5H2,1H3;5-6,19H,1-4H2. The van der Waals surface area contributed by atoms with Gasteiger partial charge in [0.25, 0.3) is 11.1 Å². The van der Waals surface area contributed by atoms with Crippen LogP contribution in [0.15, 0.2) is 33.9 Å². The van der Waals surface area contributed by atoms with Gasteiger partial charge in [-0.05, 0) is 36.8 Å². The number of hydrogen-bond acceptors (Lipinski definition) is 5. The minimum Gasteiger partial charge on any atom is -0.506 e. The summed E-state index contributed by atoms with van der Waals surface area (Å²) in [7, 11) is 0. The Balaban J connectivity index is 0.000000168. The maximum Gasteiger partial charge on any atom is 0.276 e. The normalized spacial score (nSPS) is 14.8. The zero-order valence-corrected chi connectivity index (χ0v) is 25.1. The minimum absolute atomic E-state index is 0.0167. The van der Waals surface area contributed by atoms with Crippen LogP contribution in [0.3, 0.4) is 0 Å². The Hall–Kier alpha value is -2.80. The highest BCUT2D eigenvalue weighted by Crippen LogP contribution is 2.35. The van der Waals surface area contributed by atoms with Gasteiger partial charge in [0, 0.05) is 16.1 Å². The number of benzene rings is 2. The molecule has 4 heterocycles. The van der Waals surface area contributed by atoms with Crippen molar-refractivity contribution in [3.05, 3.63) is 82.5 Å². The molecule has 0 spiro atoms. The molecule has 42 heavy (non-hydrogen) atoms. The van der Waals surface area contributed by atoms with Crippen LogP contribution in [0.2, 0.25) is 20.4 Å². The fraction of sp³-hybridized carbons (Fsp3) is 0.333. The van der Waals surface area contributed by atoms with Crippen molar-refractivity contribution < 1.29 is 23.4 Å². The van der Waals surface area contributed by atoms with E-state index in [-0.39, 0.29) is 48.9 Å². The Bertz CT molecular complexity index is 1670. The molecule has 0 aliphatic carbocycles. The largest absolute Gasteiger partial charge is 0.506 e. The van der Waals surface area contributed by atoms with E-state index in [2.05, 4.69) is 0 Å². The predicted molar refractivity (Wildman–Crippen MR) is 156 cm³/mol. The molecule has 0 radical (unpaired) electrons. The van der Waals surface area contributed by atoms with Crippen molar-refractivity contribution >= 4 is 46.4 Å². The van der Waals surface area contributed by atoms with Crippen LogP contribution in [-0.4, -0.2) is 50.3 Å². The van der Waals surface area contributed by atoms with Gasteiger partial charge in [0.15, 0.2) is 0 Å². The van der Waals surface area contributed by atoms with Gasteiger partial charge in [-0.3, -0.25) is 19.0 Å². The Morgan fingerprint density at radius 1 is 0.667 bits per heavy atom. The molecule has 0 saturated heterocycles. The van der Waals surface area contributed by atoms with E-state index in [0.29, 0.717) is 63.2 Å². The van der Waals surface area contributed by atoms with Crippen molar-refractivity contribution in [3.8, 4) is 28.0 Å². The Morgan fingerprint density at radius 2 is 1.07 bits per heavy atom. The van der Waals surface area contributed by atoms with Gasteiger partial charge in [0.2, 0.25) is 0 Å². The van der Waals surface area contributed by atoms with E-state index < -0.39 is 17.2 Å². The molecule has 0 saturated carbocycles. The van der Waals surface area contributed by atoms with Crippen LogP contribution in [-0.2, 0) is 35.7 Å². The molecule has 2 aromatic heterocycles. The summed E-state index contributed by atoms with van der Waals surface area (Å²) in [5.41, 5.74) is 0.260. The van der Waals surface area contributed by atoms with Crippen LogP contribution in [0.1, 0.15) is 5.56 Å². The van der Waals surface area contributed by atoms with E-state index in [1.807, 2.05) is 0 Å². The van der Waals surface area contributed by atoms with Crippen LogP contribution in [0.25, 0.3) is 22.3 Å². The number of aromatic hydroxyl groups is 1. The first-order valence-electron chi connectivity index (χ1n) is 12.8. The fourth-order valence-corrected chi connectivity index (χ4v) is 5.86. The van der Waals surface area contributed by atoms with Crippen LogP contribution in [0.4, 0.5) is 8.78 Å². The van der Waals surface area contributed by atoms with E-state index in [0.717, 1.165) is 12.1 Å². The molecular formula is C27H24Cl4F2N4O5. The average molecular weight is 664 g/mol. The van der Waals surface area contributed by atoms with Crippen LogP contribution < -0.4 is 11.1 Å². The highest BCUT2D eigenvalue weighted by molar-refractivity contribution is 6.33. The lowest BCUT2D eigenvalue weighted by Gasteiger charge is -2.06. The van der Waals surface area contributed by atoms with E-state index in [1.54, 1.807) is 22.4 Å². The molecule has 15 heteroatoms. The number of fused-ring (bicyclic) bond motifs is 2. The maximum absolute atomic E-state index is 14.2. The fourth-order valence-electron chi connectivity index (χ4n) is 4.85. The van der Waals surface area contributed by atoms with Crippen LogP contribution in [0.5, 0.6) is 5.75 Å². The van der Waals surface area contributed by atoms with E-state index in [1.165, 1.54) is 15.4 Å². The number of phenols is 1. The molecule has 2 aromatic carbocycles. The molecule has 4 aromatic rings. The van der Waals surface area contributed by atoms with Crippen LogP contribution >= 0.6 is 46.4 Å². The highest BCUT2D eigenvalue weighted by atomic mass is 35.5. The molecule has 9 nitrogen and oxygen atoms in total. The predicted octanol–water partition coefficient (Wildman–Crippen LogP) is 5.60. The van der Waals surface area contributed by atoms with Gasteiger partial charge in [-0.25, -0.2) is 18.1 Å². The van der Waals surface area contributed by atoms with Crippen molar-refractivity contribution in [1.29, 1.82) is 0 Å². The lowest BCUT2D eigenvalue weighted by atomic mass is 10.1. The molecule has 2 aliphatic heterocycles. The molecule has 6 rings (SSSR count). The molecule has 1 N–H and O–H groups in total. The summed E-state index contributed by atoms with van der Waals surface area (Å²) in [5, 5.41) is 10.2. The van der Waals surface area contributed by atoms with Gasteiger partial charge < -0.3 is 14.6 Å². The molecule has 0 unspecified atom stereocenters. The number of hydrogen-bond donors (Lipinski definition) is 1. The molecule has 0 atom stereocenters. The number of rotatable bonds is 2. The summed E-state index contributed by atoms with van der Waals surface area (Å²) in [6.45, 7) is 5.04. The van der Waals surface area contributed by atoms with Gasteiger partial charge in [-0.15, -0.1) is 0 Å². The summed E-state index contributed by atoms with van der Waals surface area (Å²) in [6, 6.07) is 4.83. The Labute approximate surface area is 257 Å². The summed E-state index contributed by atoms with van der Waals surface area (Å²) >= 11 is 24.1. The first-order chi connectivity index (χ1) is 20.0. The monoisotopic (exact) mass is 662 g/mol. The first kappa shape index (κ1) is 30.7. The number of aromatic nitrogens is 4. The van der Waals surface area contributed by atoms with Gasteiger partial charge in [-0.1, -0.05) is 46.4 Å². The van der Waals surface area contributed by atoms with E-state index >= 15 is 0 Å². The third-order valence-electron chi connectivity index (χ3n) is 6.96. The third-order valence-corrected chi connectivity index (χ3v) is 8.44. The van der Waals surface area contributed by atoms with Crippen LogP contribution in [0, 0.1) is 18.6 Å². The number of phenolic OH excluding ortho intramolecular Hbond substituents is 1. The SMILES string of the molecule is Cc1cc(-c2c(Cl)n3n(c2=O)CCOCC3)c(F)cc1Cl.O=c1c(-c2cc(O)c(Cl)cc2F)c(Cl)n2n1CCOCC2. The highest BCUT2D eigenvalue weighted by Gasteiger charge is 2.25. The van der Waals surface area contributed by atoms with Gasteiger partial charge >= 0.3 is 0 Å². The quantitative estimate of drug-likeness (QED) is 0.302. The topological polar surface area (TPSA) is 92.5 Å². The molecule has 0 bridgehead atoms. The molecule has 0 amide bonds. The molecule has 0 fully saturated rings. The maximum atomic E-state index is 14.2. The second-order valence-corrected chi connectivity index (χ2v) is 11.1. The number of ether oxygens (including phenoxy) is 2. The zero-order chi connectivity index (χ0) is 30.3. The van der Waals surface area contributed by atoms with Crippen molar-refractivity contribution in [2.75, 3.05) is 26.4 Å². The lowest BCUT2D eigenvalue weighted by molar-refractivity contribution is 0.137. The summed E-state index contributed by atoms with van der Waals surface area (Å²) in [4.78, 5) is 25.0. The molecule has 2 aliphatic rings. The number of nitrogens with zero attached hydrogens (tertiary/aromatic N) is 4. The lowest BCUT2D eigenvalue weighted by Crippen LogP contribution is -2.23. The number of halogens is 6. The summed E-state index contributed by atoms with van der Waals surface area (Å²) in [5.74, 6) is -1.57. The van der Waals surface area contributed by atoms with E-state index in [4.69, 9.17) is 55.9 Å². The third kappa shape index (κ3) is 5.61. The van der Waals surface area contributed by atoms with Gasteiger partial charge in [0.05, 0.1) is 68.8 Å². The second kappa shape index (κ2) is 12.4. The molecular weight excluding hydrogens is 640 g/mol. The van der Waals surface area contributed by atoms with Crippen molar-refractivity contribution in [2.45, 2.75) is 33.1 Å². The van der Waals surface area contributed by atoms with Crippen molar-refractivity contribution in [3.63, 3.8) is 0 Å². The minimum atomic E-state index is -0.714. The average Bonchev–Trinajstić information content (AvgIpc) is 3.19. The van der Waals surface area contributed by atoms with Gasteiger partial charge in [0.1, 0.15) is 27.7 Å². The molecule has 224 valence electrons. The smallest absolute Gasteiger partial charge is 0.276 e. The van der Waals surface area contributed by atoms with Gasteiger partial charge in [-0.2, -0.15) is 0 Å². The summed E-state index contributed by atoms with van der Waals surface area (Å²) in [6.07, 6.45) is 0. The first-order valence-corrected chi connectivity index (χ1v) is 14.3. The van der Waals surface area contributed by atoms with Crippen molar-refractivity contribution in [2.24, 2.45) is 0 Å². The second-order valence-electron chi connectivity index (χ2n) is 9.52. The number of aryl methyl sites for hydroxylation is 1. The van der Waals surface area contributed by atoms with Crippen molar-refractivity contribution in [1.82, 2.24) is 18.7 Å². The zero-order valence-electron chi connectivity index (χ0n) is 22.1. The Kier molecular flexibility index (Phi) is 9.08. The van der Waals surface area contributed by atoms with E-state index in [9.17, 15) is 23.5 Å².